The molecule has 2 aromatic rings. The quantitative estimate of drug-likeness (QED) is 0.349. The number of aromatic nitrogens is 3. The lowest BCUT2D eigenvalue weighted by atomic mass is 10.1. The molecule has 2 aromatic heterocycles. The Hall–Kier alpha value is -2.37. The zero-order chi connectivity index (χ0) is 12.4. The van der Waals surface area contributed by atoms with Crippen molar-refractivity contribution in [1.82, 2.24) is 14.8 Å². The summed E-state index contributed by atoms with van der Waals surface area (Å²) in [5, 5.41) is 16.0. The minimum absolute atomic E-state index is 0.0266. The van der Waals surface area contributed by atoms with Crippen LogP contribution in [0.4, 0.5) is 0 Å². The Morgan fingerprint density at radius 1 is 1.47 bits per heavy atom. The minimum Gasteiger partial charge on any atom is -0.409 e. The first-order valence-electron chi connectivity index (χ1n) is 5.08. The summed E-state index contributed by atoms with van der Waals surface area (Å²) in [5.74, 6) is 0.576. The summed E-state index contributed by atoms with van der Waals surface area (Å²) < 4.78 is 1.61. The van der Waals surface area contributed by atoms with Crippen LogP contribution in [-0.4, -0.2) is 25.8 Å². The van der Waals surface area contributed by atoms with Crippen LogP contribution in [0.5, 0.6) is 0 Å². The second-order valence-corrected chi connectivity index (χ2v) is 3.77. The molecule has 0 atom stereocenters. The van der Waals surface area contributed by atoms with Gasteiger partial charge in [-0.2, -0.15) is 5.10 Å². The summed E-state index contributed by atoms with van der Waals surface area (Å²) in [6.07, 6.45) is 5.21. The topological polar surface area (TPSA) is 89.3 Å². The molecule has 0 unspecified atom stereocenters. The monoisotopic (exact) mass is 231 g/mol. The van der Waals surface area contributed by atoms with Crippen LogP contribution in [-0.2, 0) is 0 Å². The predicted molar refractivity (Wildman–Crippen MR) is 63.3 cm³/mol. The highest BCUT2D eigenvalue weighted by atomic mass is 16.4. The van der Waals surface area contributed by atoms with Crippen LogP contribution < -0.4 is 5.73 Å². The fourth-order valence-corrected chi connectivity index (χ4v) is 1.61. The van der Waals surface area contributed by atoms with E-state index < -0.39 is 0 Å². The van der Waals surface area contributed by atoms with Crippen molar-refractivity contribution < 1.29 is 5.21 Å². The summed E-state index contributed by atoms with van der Waals surface area (Å²) in [6.45, 7) is 3.80. The fraction of sp³-hybridized carbons (Fsp3) is 0.182. The summed E-state index contributed by atoms with van der Waals surface area (Å²) in [6, 6.07) is 1.80. The van der Waals surface area contributed by atoms with E-state index >= 15 is 0 Å². The van der Waals surface area contributed by atoms with Crippen LogP contribution in [0.1, 0.15) is 16.7 Å². The largest absolute Gasteiger partial charge is 0.409 e. The highest BCUT2D eigenvalue weighted by molar-refractivity contribution is 6.01. The van der Waals surface area contributed by atoms with Gasteiger partial charge >= 0.3 is 0 Å². The Balaban J connectivity index is 2.66. The molecule has 0 bridgehead atoms. The van der Waals surface area contributed by atoms with E-state index in [2.05, 4.69) is 15.2 Å². The number of rotatable bonds is 2. The Kier molecular flexibility index (Phi) is 2.78. The number of oxime groups is 1. The molecule has 6 nitrogen and oxygen atoms in total. The third-order valence-electron chi connectivity index (χ3n) is 2.43. The smallest absolute Gasteiger partial charge is 0.174 e. The summed E-state index contributed by atoms with van der Waals surface area (Å²) in [7, 11) is 0. The van der Waals surface area contributed by atoms with E-state index in [-0.39, 0.29) is 5.84 Å². The van der Waals surface area contributed by atoms with Crippen LogP contribution in [0.25, 0.3) is 5.82 Å². The van der Waals surface area contributed by atoms with Gasteiger partial charge in [-0.3, -0.25) is 0 Å². The van der Waals surface area contributed by atoms with Gasteiger partial charge in [-0.15, -0.1) is 0 Å². The average molecular weight is 231 g/mol. The van der Waals surface area contributed by atoms with Crippen molar-refractivity contribution in [1.29, 1.82) is 0 Å². The number of amidine groups is 1. The SMILES string of the molecule is Cc1cnn(-c2nccc(C)c2/C(N)=N/O)c1. The van der Waals surface area contributed by atoms with Crippen molar-refractivity contribution in [2.75, 3.05) is 0 Å². The van der Waals surface area contributed by atoms with Gasteiger partial charge in [0.1, 0.15) is 0 Å². The molecule has 0 aliphatic rings. The first-order valence-corrected chi connectivity index (χ1v) is 5.08. The van der Waals surface area contributed by atoms with Crippen LogP contribution in [0.3, 0.4) is 0 Å². The summed E-state index contributed by atoms with van der Waals surface area (Å²) in [4.78, 5) is 4.22. The van der Waals surface area contributed by atoms with E-state index in [0.717, 1.165) is 11.1 Å². The molecular weight excluding hydrogens is 218 g/mol. The average Bonchev–Trinajstić information content (AvgIpc) is 2.74. The van der Waals surface area contributed by atoms with E-state index in [4.69, 9.17) is 10.9 Å². The first-order chi connectivity index (χ1) is 8.13. The number of pyridine rings is 1. The molecule has 2 rings (SSSR count). The van der Waals surface area contributed by atoms with Crippen molar-refractivity contribution in [3.8, 4) is 5.82 Å². The number of hydrogen-bond acceptors (Lipinski definition) is 4. The van der Waals surface area contributed by atoms with Gasteiger partial charge in [0.15, 0.2) is 11.7 Å². The molecule has 2 heterocycles. The van der Waals surface area contributed by atoms with E-state index in [1.165, 1.54) is 0 Å². The molecule has 0 aliphatic heterocycles. The number of hydrogen-bond donors (Lipinski definition) is 2. The second-order valence-electron chi connectivity index (χ2n) is 3.77. The highest BCUT2D eigenvalue weighted by Gasteiger charge is 2.13. The van der Waals surface area contributed by atoms with E-state index in [9.17, 15) is 0 Å². The molecule has 0 spiro atoms. The molecule has 0 aromatic carbocycles. The van der Waals surface area contributed by atoms with Crippen molar-refractivity contribution in [3.05, 3.63) is 41.3 Å². The van der Waals surface area contributed by atoms with Crippen molar-refractivity contribution in [3.63, 3.8) is 0 Å². The van der Waals surface area contributed by atoms with E-state index in [1.807, 2.05) is 20.0 Å². The normalized spacial score (nSPS) is 11.8. The maximum Gasteiger partial charge on any atom is 0.174 e. The maximum absolute atomic E-state index is 8.79. The van der Waals surface area contributed by atoms with E-state index in [0.29, 0.717) is 11.4 Å². The molecule has 17 heavy (non-hydrogen) atoms. The third-order valence-corrected chi connectivity index (χ3v) is 2.43. The van der Waals surface area contributed by atoms with Gasteiger partial charge < -0.3 is 10.9 Å². The Morgan fingerprint density at radius 2 is 2.24 bits per heavy atom. The van der Waals surface area contributed by atoms with Gasteiger partial charge in [-0.05, 0) is 31.0 Å². The second kappa shape index (κ2) is 4.25. The molecule has 0 amide bonds. The molecule has 0 aliphatic carbocycles. The first kappa shape index (κ1) is 11.1. The molecule has 88 valence electrons. The van der Waals surface area contributed by atoms with Crippen molar-refractivity contribution >= 4 is 5.84 Å². The molecular formula is C11H13N5O. The van der Waals surface area contributed by atoms with Crippen molar-refractivity contribution in [2.24, 2.45) is 10.9 Å². The lowest BCUT2D eigenvalue weighted by molar-refractivity contribution is 0.318. The highest BCUT2D eigenvalue weighted by Crippen LogP contribution is 2.15. The van der Waals surface area contributed by atoms with Crippen LogP contribution in [0.15, 0.2) is 29.8 Å². The predicted octanol–water partition coefficient (Wildman–Crippen LogP) is 0.979. The van der Waals surface area contributed by atoms with Gasteiger partial charge in [-0.25, -0.2) is 9.67 Å². The zero-order valence-electron chi connectivity index (χ0n) is 9.62. The molecule has 0 saturated carbocycles. The van der Waals surface area contributed by atoms with Gasteiger partial charge in [-0.1, -0.05) is 5.16 Å². The minimum atomic E-state index is 0.0266. The molecule has 6 heteroatoms. The third kappa shape index (κ3) is 1.96. The van der Waals surface area contributed by atoms with Crippen LogP contribution in [0, 0.1) is 13.8 Å². The van der Waals surface area contributed by atoms with Gasteiger partial charge in [0.05, 0.1) is 11.8 Å². The number of nitrogens with zero attached hydrogens (tertiary/aromatic N) is 4. The van der Waals surface area contributed by atoms with Crippen LogP contribution >= 0.6 is 0 Å². The Morgan fingerprint density at radius 3 is 2.82 bits per heavy atom. The summed E-state index contributed by atoms with van der Waals surface area (Å²) in [5.41, 5.74) is 8.13. The number of nitrogens with two attached hydrogens (primary N) is 1. The van der Waals surface area contributed by atoms with Gasteiger partial charge in [0, 0.05) is 12.4 Å². The molecule has 0 radical (unpaired) electrons. The zero-order valence-corrected chi connectivity index (χ0v) is 9.62. The van der Waals surface area contributed by atoms with Crippen LogP contribution in [0.2, 0.25) is 0 Å². The lowest BCUT2D eigenvalue weighted by Crippen LogP contribution is -2.19. The Labute approximate surface area is 98.4 Å². The maximum atomic E-state index is 8.79. The standard InChI is InChI=1S/C11H13N5O/c1-7-5-14-16(6-7)11-9(10(12)15-17)8(2)3-4-13-11/h3-6,17H,1-2H3,(H2,12,15). The van der Waals surface area contributed by atoms with Gasteiger partial charge in [0.25, 0.3) is 0 Å². The Bertz CT molecular complexity index is 573. The number of aryl methyl sites for hydroxylation is 2. The molecule has 0 fully saturated rings. The fourth-order valence-electron chi connectivity index (χ4n) is 1.61. The molecule has 3 N–H and O–H groups in total. The molecule has 0 saturated heterocycles. The van der Waals surface area contributed by atoms with E-state index in [1.54, 1.807) is 23.1 Å². The lowest BCUT2D eigenvalue weighted by Gasteiger charge is -2.09. The van der Waals surface area contributed by atoms with Crippen molar-refractivity contribution in [2.45, 2.75) is 13.8 Å². The summed E-state index contributed by atoms with van der Waals surface area (Å²) >= 11 is 0. The van der Waals surface area contributed by atoms with Gasteiger partial charge in [0.2, 0.25) is 0 Å².